The summed E-state index contributed by atoms with van der Waals surface area (Å²) in [5.41, 5.74) is 5.71. The number of benzene rings is 2. The van der Waals surface area contributed by atoms with E-state index in [1.54, 1.807) is 5.56 Å². The quantitative estimate of drug-likeness (QED) is 0.520. The van der Waals surface area contributed by atoms with Gasteiger partial charge in [-0.25, -0.2) is 0 Å². The summed E-state index contributed by atoms with van der Waals surface area (Å²) in [5, 5.41) is 2.76. The molecule has 2 aromatic carbocycles. The summed E-state index contributed by atoms with van der Waals surface area (Å²) in [6, 6.07) is 13.3. The lowest BCUT2D eigenvalue weighted by molar-refractivity contribution is 0.593. The van der Waals surface area contributed by atoms with Crippen LogP contribution in [-0.2, 0) is 0 Å². The zero-order valence-corrected chi connectivity index (χ0v) is 12.8. The van der Waals surface area contributed by atoms with E-state index < -0.39 is 0 Å². The summed E-state index contributed by atoms with van der Waals surface area (Å²) in [4.78, 5) is 3.71. The van der Waals surface area contributed by atoms with Crippen LogP contribution in [0.5, 0.6) is 0 Å². The van der Waals surface area contributed by atoms with Gasteiger partial charge >= 0.3 is 0 Å². The summed E-state index contributed by atoms with van der Waals surface area (Å²) in [6.07, 6.45) is 8.32. The average Bonchev–Trinajstić information content (AvgIpc) is 2.68. The first-order chi connectivity index (χ1) is 10.3. The normalized spacial score (nSPS) is 17.4. The molecule has 1 heterocycles. The van der Waals surface area contributed by atoms with Gasteiger partial charge in [-0.2, -0.15) is 0 Å². The van der Waals surface area contributed by atoms with Gasteiger partial charge < -0.3 is 4.98 Å². The number of para-hydroxylation sites is 1. The monoisotopic (exact) mass is 277 g/mol. The second-order valence-corrected chi connectivity index (χ2v) is 6.58. The van der Waals surface area contributed by atoms with Crippen LogP contribution in [0.2, 0.25) is 0 Å². The molecule has 1 aliphatic rings. The molecule has 0 amide bonds. The fourth-order valence-electron chi connectivity index (χ4n) is 4.14. The van der Waals surface area contributed by atoms with Crippen LogP contribution in [0, 0.1) is 6.92 Å². The van der Waals surface area contributed by atoms with Crippen LogP contribution in [0.3, 0.4) is 0 Å². The molecule has 1 heteroatoms. The number of rotatable bonds is 1. The number of hydrogen-bond donors (Lipinski definition) is 1. The first kappa shape index (κ1) is 12.9. The molecule has 21 heavy (non-hydrogen) atoms. The van der Waals surface area contributed by atoms with Crippen LogP contribution < -0.4 is 0 Å². The lowest BCUT2D eigenvalue weighted by Gasteiger charge is -2.18. The Morgan fingerprint density at radius 3 is 2.43 bits per heavy atom. The summed E-state index contributed by atoms with van der Waals surface area (Å²) < 4.78 is 0. The number of H-pyrrole nitrogens is 1. The molecule has 0 radical (unpaired) electrons. The van der Waals surface area contributed by atoms with Crippen molar-refractivity contribution in [2.24, 2.45) is 0 Å². The Kier molecular flexibility index (Phi) is 3.21. The fourth-order valence-corrected chi connectivity index (χ4v) is 4.14. The van der Waals surface area contributed by atoms with E-state index in [0.717, 1.165) is 5.92 Å². The van der Waals surface area contributed by atoms with Crippen molar-refractivity contribution < 1.29 is 0 Å². The highest BCUT2D eigenvalue weighted by Crippen LogP contribution is 2.39. The van der Waals surface area contributed by atoms with Crippen molar-refractivity contribution in [2.45, 2.75) is 51.4 Å². The molecule has 1 aliphatic carbocycles. The molecule has 0 unspecified atom stereocenters. The molecular weight excluding hydrogens is 254 g/mol. The molecule has 4 rings (SSSR count). The smallest absolute Gasteiger partial charge is 0.0502 e. The van der Waals surface area contributed by atoms with Crippen LogP contribution in [0.1, 0.15) is 55.6 Å². The Bertz CT molecular complexity index is 773. The van der Waals surface area contributed by atoms with Crippen molar-refractivity contribution in [1.29, 1.82) is 0 Å². The molecule has 0 aliphatic heterocycles. The van der Waals surface area contributed by atoms with Crippen molar-refractivity contribution in [3.05, 3.63) is 47.5 Å². The second-order valence-electron chi connectivity index (χ2n) is 6.58. The molecule has 1 N–H and O–H groups in total. The van der Waals surface area contributed by atoms with Gasteiger partial charge in [-0.3, -0.25) is 0 Å². The van der Waals surface area contributed by atoms with Gasteiger partial charge in [0.15, 0.2) is 0 Å². The molecule has 1 aromatic heterocycles. The van der Waals surface area contributed by atoms with Crippen LogP contribution >= 0.6 is 0 Å². The van der Waals surface area contributed by atoms with Gasteiger partial charge in [-0.15, -0.1) is 0 Å². The Labute approximate surface area is 126 Å². The third kappa shape index (κ3) is 2.16. The summed E-state index contributed by atoms with van der Waals surface area (Å²) in [7, 11) is 0. The predicted molar refractivity (Wildman–Crippen MR) is 91.0 cm³/mol. The number of fused-ring (bicyclic) bond motifs is 3. The van der Waals surface area contributed by atoms with E-state index in [0.29, 0.717) is 0 Å². The molecular formula is C20H23N. The van der Waals surface area contributed by atoms with E-state index in [1.807, 2.05) is 0 Å². The van der Waals surface area contributed by atoms with Crippen molar-refractivity contribution in [3.8, 4) is 0 Å². The van der Waals surface area contributed by atoms with Gasteiger partial charge in [0.1, 0.15) is 0 Å². The molecule has 108 valence electrons. The van der Waals surface area contributed by atoms with Crippen LogP contribution in [0.15, 0.2) is 36.4 Å². The minimum Gasteiger partial charge on any atom is -0.354 e. The standard InChI is InChI=1S/C20H23N/c1-14-12-13-17-16-10-6-7-11-18(16)21-20(17)19(14)15-8-4-2-3-5-9-15/h6-7,10-13,15,21H,2-5,8-9H2,1H3. The number of aromatic nitrogens is 1. The predicted octanol–water partition coefficient (Wildman–Crippen LogP) is 6.07. The van der Waals surface area contributed by atoms with Crippen LogP contribution in [0.4, 0.5) is 0 Å². The molecule has 0 spiro atoms. The number of nitrogens with one attached hydrogen (secondary N) is 1. The van der Waals surface area contributed by atoms with Crippen molar-refractivity contribution in [1.82, 2.24) is 4.98 Å². The summed E-state index contributed by atoms with van der Waals surface area (Å²) in [5.74, 6) is 0.740. The molecule has 0 atom stereocenters. The Morgan fingerprint density at radius 1 is 0.857 bits per heavy atom. The van der Waals surface area contributed by atoms with Gasteiger partial charge in [0.05, 0.1) is 5.52 Å². The Balaban J connectivity index is 1.95. The largest absolute Gasteiger partial charge is 0.354 e. The van der Waals surface area contributed by atoms with Gasteiger partial charge in [0, 0.05) is 16.3 Å². The molecule has 0 saturated heterocycles. The van der Waals surface area contributed by atoms with E-state index >= 15 is 0 Å². The zero-order chi connectivity index (χ0) is 14.2. The van der Waals surface area contributed by atoms with E-state index in [9.17, 15) is 0 Å². The minimum atomic E-state index is 0.740. The third-order valence-corrected chi connectivity index (χ3v) is 5.20. The molecule has 3 aromatic rings. The highest BCUT2D eigenvalue weighted by Gasteiger charge is 2.20. The third-order valence-electron chi connectivity index (χ3n) is 5.20. The zero-order valence-electron chi connectivity index (χ0n) is 12.8. The minimum absolute atomic E-state index is 0.740. The second kappa shape index (κ2) is 5.22. The van der Waals surface area contributed by atoms with Crippen molar-refractivity contribution in [3.63, 3.8) is 0 Å². The molecule has 1 nitrogen and oxygen atoms in total. The highest BCUT2D eigenvalue weighted by molar-refractivity contribution is 6.08. The van der Waals surface area contributed by atoms with E-state index in [1.165, 1.54) is 65.9 Å². The molecule has 1 fully saturated rings. The lowest BCUT2D eigenvalue weighted by atomic mass is 9.87. The van der Waals surface area contributed by atoms with Crippen molar-refractivity contribution in [2.75, 3.05) is 0 Å². The first-order valence-electron chi connectivity index (χ1n) is 8.34. The number of hydrogen-bond acceptors (Lipinski definition) is 0. The SMILES string of the molecule is Cc1ccc2c([nH]c3ccccc32)c1C1CCCCCC1. The van der Waals surface area contributed by atoms with Gasteiger partial charge in [-0.1, -0.05) is 56.0 Å². The van der Waals surface area contributed by atoms with Crippen LogP contribution in [0.25, 0.3) is 21.8 Å². The van der Waals surface area contributed by atoms with Gasteiger partial charge in [-0.05, 0) is 42.9 Å². The van der Waals surface area contributed by atoms with E-state index in [2.05, 4.69) is 48.3 Å². The first-order valence-corrected chi connectivity index (χ1v) is 8.34. The molecule has 1 saturated carbocycles. The van der Waals surface area contributed by atoms with Gasteiger partial charge in [0.2, 0.25) is 0 Å². The maximum atomic E-state index is 3.71. The highest BCUT2D eigenvalue weighted by atomic mass is 14.7. The number of aryl methyl sites for hydroxylation is 1. The Morgan fingerprint density at radius 2 is 1.62 bits per heavy atom. The lowest BCUT2D eigenvalue weighted by Crippen LogP contribution is -2.01. The summed E-state index contributed by atoms with van der Waals surface area (Å²) >= 11 is 0. The van der Waals surface area contributed by atoms with Gasteiger partial charge in [0.25, 0.3) is 0 Å². The van der Waals surface area contributed by atoms with Crippen LogP contribution in [-0.4, -0.2) is 4.98 Å². The Hall–Kier alpha value is -1.76. The molecule has 0 bridgehead atoms. The number of aromatic amines is 1. The van der Waals surface area contributed by atoms with E-state index in [-0.39, 0.29) is 0 Å². The average molecular weight is 277 g/mol. The maximum absolute atomic E-state index is 3.71. The van der Waals surface area contributed by atoms with E-state index in [4.69, 9.17) is 0 Å². The topological polar surface area (TPSA) is 15.8 Å². The fraction of sp³-hybridized carbons (Fsp3) is 0.400. The summed E-state index contributed by atoms with van der Waals surface area (Å²) in [6.45, 7) is 2.28. The van der Waals surface area contributed by atoms with Crippen molar-refractivity contribution >= 4 is 21.8 Å². The maximum Gasteiger partial charge on any atom is 0.0502 e.